The van der Waals surface area contributed by atoms with E-state index in [1.807, 2.05) is 48.5 Å². The summed E-state index contributed by atoms with van der Waals surface area (Å²) in [6.07, 6.45) is 1.69. The molecule has 2 aromatic carbocycles. The monoisotopic (exact) mass is 347 g/mol. The highest BCUT2D eigenvalue weighted by Gasteiger charge is 2.05. The summed E-state index contributed by atoms with van der Waals surface area (Å²) in [7, 11) is 0. The second-order valence-corrected chi connectivity index (χ2v) is 6.15. The first kappa shape index (κ1) is 17.4. The molecule has 0 aliphatic heterocycles. The molecule has 0 saturated carbocycles. The smallest absolute Gasteiger partial charge is 0.234 e. The van der Waals surface area contributed by atoms with Gasteiger partial charge < -0.3 is 10.1 Å². The average molecular weight is 348 g/mol. The van der Waals surface area contributed by atoms with Gasteiger partial charge in [0.1, 0.15) is 12.4 Å². The third-order valence-electron chi connectivity index (χ3n) is 2.95. The Morgan fingerprint density at radius 3 is 2.65 bits per heavy atom. The molecule has 1 amide bonds. The van der Waals surface area contributed by atoms with Crippen LogP contribution in [-0.4, -0.2) is 18.3 Å². The number of benzene rings is 2. The van der Waals surface area contributed by atoms with Gasteiger partial charge in [-0.05, 0) is 35.9 Å². The lowest BCUT2D eigenvalue weighted by atomic mass is 10.2. The van der Waals surface area contributed by atoms with E-state index in [1.54, 1.807) is 6.08 Å². The van der Waals surface area contributed by atoms with Crippen molar-refractivity contribution in [1.82, 2.24) is 0 Å². The zero-order chi connectivity index (χ0) is 16.5. The third-order valence-corrected chi connectivity index (χ3v) is 4.30. The maximum atomic E-state index is 11.9. The van der Waals surface area contributed by atoms with Crippen LogP contribution in [-0.2, 0) is 10.5 Å². The molecule has 0 aromatic heterocycles. The van der Waals surface area contributed by atoms with Gasteiger partial charge in [0, 0.05) is 16.5 Å². The van der Waals surface area contributed by atoms with Crippen molar-refractivity contribution in [3.8, 4) is 5.75 Å². The topological polar surface area (TPSA) is 38.3 Å². The van der Waals surface area contributed by atoms with Crippen molar-refractivity contribution >= 4 is 35.0 Å². The molecule has 3 nitrogen and oxygen atoms in total. The van der Waals surface area contributed by atoms with Gasteiger partial charge in [0.05, 0.1) is 5.75 Å². The Balaban J connectivity index is 1.76. The molecule has 120 valence electrons. The Kier molecular flexibility index (Phi) is 7.04. The Bertz CT molecular complexity index is 658. The van der Waals surface area contributed by atoms with E-state index < -0.39 is 0 Å². The molecule has 0 fully saturated rings. The second kappa shape index (κ2) is 9.28. The summed E-state index contributed by atoms with van der Waals surface area (Å²) in [5.41, 5.74) is 1.79. The van der Waals surface area contributed by atoms with E-state index in [-0.39, 0.29) is 5.91 Å². The Labute approximate surface area is 145 Å². The molecule has 0 atom stereocenters. The fourth-order valence-corrected chi connectivity index (χ4v) is 2.97. The first-order chi connectivity index (χ1) is 11.2. The van der Waals surface area contributed by atoms with E-state index in [2.05, 4.69) is 11.9 Å². The minimum atomic E-state index is -0.0400. The molecular weight excluding hydrogens is 330 g/mol. The number of anilines is 1. The van der Waals surface area contributed by atoms with Gasteiger partial charge in [-0.25, -0.2) is 0 Å². The van der Waals surface area contributed by atoms with Crippen LogP contribution in [0.3, 0.4) is 0 Å². The van der Waals surface area contributed by atoms with Crippen molar-refractivity contribution in [1.29, 1.82) is 0 Å². The van der Waals surface area contributed by atoms with E-state index in [4.69, 9.17) is 16.3 Å². The molecular formula is C18H18ClNO2S. The van der Waals surface area contributed by atoms with Crippen molar-refractivity contribution in [2.75, 3.05) is 17.7 Å². The first-order valence-corrected chi connectivity index (χ1v) is 8.67. The second-order valence-electron chi connectivity index (χ2n) is 4.76. The number of amides is 1. The molecule has 0 bridgehead atoms. The number of halogens is 1. The van der Waals surface area contributed by atoms with Crippen LogP contribution in [0.5, 0.6) is 5.75 Å². The number of hydrogen-bond donors (Lipinski definition) is 1. The predicted molar refractivity (Wildman–Crippen MR) is 98.4 cm³/mol. The molecule has 0 aliphatic carbocycles. The number of carbonyl (C=O) groups is 1. The quantitative estimate of drug-likeness (QED) is 0.698. The summed E-state index contributed by atoms with van der Waals surface area (Å²) in [5.74, 6) is 1.79. The summed E-state index contributed by atoms with van der Waals surface area (Å²) < 4.78 is 5.39. The molecule has 0 radical (unpaired) electrons. The number of thioether (sulfide) groups is 1. The normalized spacial score (nSPS) is 10.1. The lowest BCUT2D eigenvalue weighted by molar-refractivity contribution is -0.113. The van der Waals surface area contributed by atoms with Crippen LogP contribution in [0.4, 0.5) is 5.69 Å². The highest BCUT2D eigenvalue weighted by atomic mass is 35.5. The van der Waals surface area contributed by atoms with Gasteiger partial charge in [0.15, 0.2) is 0 Å². The maximum Gasteiger partial charge on any atom is 0.234 e. The van der Waals surface area contributed by atoms with Crippen LogP contribution in [0.2, 0.25) is 5.02 Å². The van der Waals surface area contributed by atoms with Gasteiger partial charge >= 0.3 is 0 Å². The molecule has 5 heteroatoms. The fourth-order valence-electron chi connectivity index (χ4n) is 1.86. The molecule has 0 spiro atoms. The van der Waals surface area contributed by atoms with Crippen LogP contribution in [0.25, 0.3) is 0 Å². The molecule has 23 heavy (non-hydrogen) atoms. The van der Waals surface area contributed by atoms with E-state index in [9.17, 15) is 4.79 Å². The highest BCUT2D eigenvalue weighted by molar-refractivity contribution is 7.99. The summed E-state index contributed by atoms with van der Waals surface area (Å²) >= 11 is 7.62. The predicted octanol–water partition coefficient (Wildman–Crippen LogP) is 4.78. The van der Waals surface area contributed by atoms with E-state index >= 15 is 0 Å². The third kappa shape index (κ3) is 6.00. The van der Waals surface area contributed by atoms with E-state index in [0.29, 0.717) is 18.1 Å². The average Bonchev–Trinajstić information content (AvgIpc) is 2.56. The number of nitrogens with one attached hydrogen (secondary N) is 1. The Hall–Kier alpha value is -1.91. The van der Waals surface area contributed by atoms with Gasteiger partial charge in [0.25, 0.3) is 0 Å². The van der Waals surface area contributed by atoms with Gasteiger partial charge in [0.2, 0.25) is 5.91 Å². The number of carbonyl (C=O) groups excluding carboxylic acids is 1. The number of hydrogen-bond acceptors (Lipinski definition) is 3. The van der Waals surface area contributed by atoms with Crippen LogP contribution >= 0.6 is 23.4 Å². The largest absolute Gasteiger partial charge is 0.490 e. The molecule has 0 aliphatic rings. The fraction of sp³-hybridized carbons (Fsp3) is 0.167. The SMILES string of the molecule is C=CCOc1ccc(NC(=O)CSCc2ccccc2Cl)cc1. The summed E-state index contributed by atoms with van der Waals surface area (Å²) in [5, 5.41) is 3.59. The standard InChI is InChI=1S/C18H18ClNO2S/c1-2-11-22-16-9-7-15(8-10-16)20-18(21)13-23-12-14-5-3-4-6-17(14)19/h2-10H,1,11-13H2,(H,20,21). The summed E-state index contributed by atoms with van der Waals surface area (Å²) in [6, 6.07) is 14.9. The maximum absolute atomic E-state index is 11.9. The molecule has 0 saturated heterocycles. The minimum absolute atomic E-state index is 0.0400. The lowest BCUT2D eigenvalue weighted by Gasteiger charge is -2.07. The van der Waals surface area contributed by atoms with Crippen LogP contribution in [0.15, 0.2) is 61.2 Å². The highest BCUT2D eigenvalue weighted by Crippen LogP contribution is 2.21. The zero-order valence-electron chi connectivity index (χ0n) is 12.6. The molecule has 0 heterocycles. The van der Waals surface area contributed by atoms with Crippen molar-refractivity contribution in [3.05, 3.63) is 71.8 Å². The summed E-state index contributed by atoms with van der Waals surface area (Å²) in [6.45, 7) is 4.06. The first-order valence-electron chi connectivity index (χ1n) is 7.14. The Morgan fingerprint density at radius 1 is 1.22 bits per heavy atom. The van der Waals surface area contributed by atoms with Gasteiger partial charge in [-0.2, -0.15) is 0 Å². The van der Waals surface area contributed by atoms with Crippen molar-refractivity contribution < 1.29 is 9.53 Å². The van der Waals surface area contributed by atoms with Crippen molar-refractivity contribution in [3.63, 3.8) is 0 Å². The minimum Gasteiger partial charge on any atom is -0.490 e. The summed E-state index contributed by atoms with van der Waals surface area (Å²) in [4.78, 5) is 11.9. The molecule has 2 rings (SSSR count). The van der Waals surface area contributed by atoms with Gasteiger partial charge in [-0.3, -0.25) is 4.79 Å². The number of rotatable bonds is 8. The zero-order valence-corrected chi connectivity index (χ0v) is 14.2. The van der Waals surface area contributed by atoms with Crippen molar-refractivity contribution in [2.24, 2.45) is 0 Å². The van der Waals surface area contributed by atoms with Crippen LogP contribution in [0.1, 0.15) is 5.56 Å². The molecule has 0 unspecified atom stereocenters. The van der Waals surface area contributed by atoms with Gasteiger partial charge in [-0.1, -0.05) is 42.5 Å². The van der Waals surface area contributed by atoms with E-state index in [0.717, 1.165) is 22.0 Å². The number of ether oxygens (including phenoxy) is 1. The lowest BCUT2D eigenvalue weighted by Crippen LogP contribution is -2.14. The van der Waals surface area contributed by atoms with Crippen molar-refractivity contribution in [2.45, 2.75) is 5.75 Å². The molecule has 1 N–H and O–H groups in total. The van der Waals surface area contributed by atoms with E-state index in [1.165, 1.54) is 11.8 Å². The van der Waals surface area contributed by atoms with Gasteiger partial charge in [-0.15, -0.1) is 11.8 Å². The Morgan fingerprint density at radius 2 is 1.96 bits per heavy atom. The molecule has 2 aromatic rings. The van der Waals surface area contributed by atoms with Crippen LogP contribution in [0, 0.1) is 0 Å². The van der Waals surface area contributed by atoms with Crippen LogP contribution < -0.4 is 10.1 Å².